The molecule has 1 aliphatic rings. The molecule has 0 saturated heterocycles. The number of hydrogen-bond acceptors (Lipinski definition) is 0. The van der Waals surface area contributed by atoms with Crippen LogP contribution in [0.15, 0.2) is 0 Å². The summed E-state index contributed by atoms with van der Waals surface area (Å²) in [6, 6.07) is 0. The lowest BCUT2D eigenvalue weighted by atomic mass is 9.66. The summed E-state index contributed by atoms with van der Waals surface area (Å²) < 4.78 is 149. The van der Waals surface area contributed by atoms with E-state index in [1.807, 2.05) is 0 Å². The van der Waals surface area contributed by atoms with E-state index < -0.39 is 45.1 Å². The Labute approximate surface area is 149 Å². The second kappa shape index (κ2) is 6.25. The van der Waals surface area contributed by atoms with Crippen molar-refractivity contribution in [3.05, 3.63) is 0 Å². The molecule has 1 aliphatic carbocycles. The van der Waals surface area contributed by atoms with E-state index in [-0.39, 0.29) is 12.8 Å². The largest absolute Gasteiger partial charge is 0.384 e. The number of rotatable bonds is 5. The van der Waals surface area contributed by atoms with Gasteiger partial charge < -0.3 is 0 Å². The van der Waals surface area contributed by atoms with Crippen LogP contribution in [0.1, 0.15) is 33.1 Å². The fraction of sp³-hybridized carbons (Fsp3) is 1.00. The van der Waals surface area contributed by atoms with Gasteiger partial charge in [0.1, 0.15) is 0 Å². The highest BCUT2D eigenvalue weighted by Gasteiger charge is 3.01. The van der Waals surface area contributed by atoms with Crippen molar-refractivity contribution in [1.82, 2.24) is 0 Å². The molecule has 0 aromatic carbocycles. The lowest BCUT2D eigenvalue weighted by Gasteiger charge is -2.55. The molecule has 0 aliphatic heterocycles. The Bertz CT molecular complexity index is 472. The van der Waals surface area contributed by atoms with Gasteiger partial charge in [-0.25, -0.2) is 4.39 Å². The molecule has 1 fully saturated rings. The van der Waals surface area contributed by atoms with E-state index in [2.05, 4.69) is 0 Å². The quantitative estimate of drug-likeness (QED) is 0.227. The summed E-state index contributed by atoms with van der Waals surface area (Å²) in [7, 11) is 0. The SMILES string of the molecule is CCCCC(I)C(C)C1(F)C(F)(F)C(F)(F)C(F)(F)C(F)(F)C1(F)F. The minimum absolute atomic E-state index is 0.175. The predicted molar refractivity (Wildman–Crippen MR) is 75.1 cm³/mol. The number of hydrogen-bond donors (Lipinski definition) is 0. The van der Waals surface area contributed by atoms with Gasteiger partial charge in [-0.2, -0.15) is 43.9 Å². The van der Waals surface area contributed by atoms with Gasteiger partial charge in [0.2, 0.25) is 0 Å². The first kappa shape index (κ1) is 23.0. The summed E-state index contributed by atoms with van der Waals surface area (Å²) in [5.41, 5.74) is -5.88. The third-order valence-corrected chi connectivity index (χ3v) is 6.20. The average Bonchev–Trinajstić information content (AvgIpc) is 2.48. The normalized spacial score (nSPS) is 30.5. The van der Waals surface area contributed by atoms with Crippen molar-refractivity contribution in [2.24, 2.45) is 5.92 Å². The van der Waals surface area contributed by atoms with Crippen LogP contribution in [0.3, 0.4) is 0 Å². The lowest BCUT2D eigenvalue weighted by molar-refractivity contribution is -0.490. The van der Waals surface area contributed by atoms with Gasteiger partial charge in [-0.15, -0.1) is 0 Å². The maximum absolute atomic E-state index is 14.7. The fourth-order valence-electron chi connectivity index (χ4n) is 2.72. The van der Waals surface area contributed by atoms with Crippen molar-refractivity contribution in [1.29, 1.82) is 0 Å². The van der Waals surface area contributed by atoms with Crippen LogP contribution < -0.4 is 0 Å². The highest BCUT2D eigenvalue weighted by Crippen LogP contribution is 2.71. The summed E-state index contributed by atoms with van der Waals surface area (Å²) >= 11 is 1.19. The van der Waals surface area contributed by atoms with Gasteiger partial charge in [0.15, 0.2) is 0 Å². The van der Waals surface area contributed by atoms with Crippen molar-refractivity contribution in [2.75, 3.05) is 0 Å². The zero-order chi connectivity index (χ0) is 20.3. The van der Waals surface area contributed by atoms with Crippen LogP contribution in [0.4, 0.5) is 48.3 Å². The summed E-state index contributed by atoms with van der Waals surface area (Å²) in [4.78, 5) is 0. The van der Waals surface area contributed by atoms with E-state index >= 15 is 0 Å². The summed E-state index contributed by atoms with van der Waals surface area (Å²) in [6.45, 7) is 1.90. The van der Waals surface area contributed by atoms with E-state index in [0.29, 0.717) is 13.3 Å². The molecular formula is C13H14F11I. The predicted octanol–water partition coefficient (Wildman–Crippen LogP) is 6.51. The van der Waals surface area contributed by atoms with E-state index in [0.717, 1.165) is 0 Å². The Balaban J connectivity index is 3.66. The zero-order valence-electron chi connectivity index (χ0n) is 12.8. The minimum atomic E-state index is -7.15. The van der Waals surface area contributed by atoms with Crippen LogP contribution in [0.25, 0.3) is 0 Å². The molecule has 2 unspecified atom stereocenters. The number of alkyl halides is 12. The molecule has 0 bridgehead atoms. The lowest BCUT2D eigenvalue weighted by Crippen LogP contribution is -2.85. The van der Waals surface area contributed by atoms with Gasteiger partial charge in [0.05, 0.1) is 0 Å². The van der Waals surface area contributed by atoms with E-state index in [9.17, 15) is 48.3 Å². The fourth-order valence-corrected chi connectivity index (χ4v) is 3.65. The summed E-state index contributed by atoms with van der Waals surface area (Å²) in [5.74, 6) is -37.4. The van der Waals surface area contributed by atoms with Gasteiger partial charge in [-0.3, -0.25) is 0 Å². The van der Waals surface area contributed by atoms with Gasteiger partial charge in [-0.05, 0) is 6.42 Å². The molecule has 12 heteroatoms. The highest BCUT2D eigenvalue weighted by atomic mass is 127. The smallest absolute Gasteiger partial charge is 0.230 e. The topological polar surface area (TPSA) is 0 Å². The molecule has 0 aromatic rings. The van der Waals surface area contributed by atoms with Gasteiger partial charge in [-0.1, -0.05) is 49.3 Å². The molecule has 1 rings (SSSR count). The summed E-state index contributed by atoms with van der Waals surface area (Å²) in [6.07, 6.45) is 0.334. The molecule has 0 N–H and O–H groups in total. The molecule has 2 atom stereocenters. The highest BCUT2D eigenvalue weighted by molar-refractivity contribution is 14.1. The van der Waals surface area contributed by atoms with Crippen molar-refractivity contribution < 1.29 is 48.3 Å². The van der Waals surface area contributed by atoms with E-state index in [1.165, 1.54) is 22.6 Å². The number of unbranched alkanes of at least 4 members (excludes halogenated alkanes) is 1. The molecule has 150 valence electrons. The Hall–Kier alpha value is -0.0400. The molecule has 0 nitrogen and oxygen atoms in total. The molecule has 1 saturated carbocycles. The standard InChI is InChI=1S/C13H14F11I/c1-3-4-5-7(25)6(2)8(14)9(15,16)11(19,20)13(23,24)12(21,22)10(8,17)18/h6-7H,3-5H2,1-2H3. The molecule has 0 radical (unpaired) electrons. The first-order chi connectivity index (χ1) is 10.9. The van der Waals surface area contributed by atoms with Crippen LogP contribution in [-0.2, 0) is 0 Å². The second-order valence-electron chi connectivity index (χ2n) is 6.03. The molecule has 0 spiro atoms. The minimum Gasteiger partial charge on any atom is -0.230 e. The van der Waals surface area contributed by atoms with Crippen LogP contribution in [0.5, 0.6) is 0 Å². The van der Waals surface area contributed by atoms with E-state index in [1.54, 1.807) is 6.92 Å². The summed E-state index contributed by atoms with van der Waals surface area (Å²) in [5, 5.41) is 0. The monoisotopic (exact) mass is 506 g/mol. The van der Waals surface area contributed by atoms with Crippen LogP contribution in [0.2, 0.25) is 0 Å². The van der Waals surface area contributed by atoms with Gasteiger partial charge in [0, 0.05) is 9.84 Å². The van der Waals surface area contributed by atoms with Crippen molar-refractivity contribution in [3.63, 3.8) is 0 Å². The van der Waals surface area contributed by atoms with Crippen molar-refractivity contribution >= 4 is 22.6 Å². The van der Waals surface area contributed by atoms with Gasteiger partial charge >= 0.3 is 29.6 Å². The Morgan fingerprint density at radius 2 is 1.00 bits per heavy atom. The Kier molecular flexibility index (Phi) is 5.75. The Morgan fingerprint density at radius 3 is 1.32 bits per heavy atom. The van der Waals surface area contributed by atoms with Crippen molar-refractivity contribution in [2.45, 2.75) is 72.3 Å². The molecule has 0 amide bonds. The first-order valence-corrected chi connectivity index (χ1v) is 8.36. The van der Waals surface area contributed by atoms with Crippen LogP contribution >= 0.6 is 22.6 Å². The first-order valence-electron chi connectivity index (χ1n) is 7.11. The maximum Gasteiger partial charge on any atom is 0.384 e. The molecular weight excluding hydrogens is 492 g/mol. The van der Waals surface area contributed by atoms with Crippen LogP contribution in [-0.4, -0.2) is 39.2 Å². The molecule has 0 heterocycles. The third-order valence-electron chi connectivity index (χ3n) is 4.49. The van der Waals surface area contributed by atoms with Crippen molar-refractivity contribution in [3.8, 4) is 0 Å². The Morgan fingerprint density at radius 1 is 0.680 bits per heavy atom. The molecule has 0 aromatic heterocycles. The third kappa shape index (κ3) is 2.50. The number of halogens is 12. The second-order valence-corrected chi connectivity index (χ2v) is 7.63. The van der Waals surface area contributed by atoms with Crippen LogP contribution in [0, 0.1) is 5.92 Å². The molecule has 25 heavy (non-hydrogen) atoms. The maximum atomic E-state index is 14.7. The van der Waals surface area contributed by atoms with Gasteiger partial charge in [0.25, 0.3) is 5.67 Å². The average molecular weight is 506 g/mol. The van der Waals surface area contributed by atoms with E-state index in [4.69, 9.17) is 0 Å². The zero-order valence-corrected chi connectivity index (χ0v) is 15.0.